The predicted molar refractivity (Wildman–Crippen MR) is 100 cm³/mol. The van der Waals surface area contributed by atoms with E-state index < -0.39 is 0 Å². The molecule has 0 bridgehead atoms. The zero-order valence-corrected chi connectivity index (χ0v) is 15.2. The van der Waals surface area contributed by atoms with Crippen LogP contribution in [0.3, 0.4) is 0 Å². The fourth-order valence-electron chi connectivity index (χ4n) is 3.78. The molecule has 1 N–H and O–H groups in total. The molecule has 2 fully saturated rings. The van der Waals surface area contributed by atoms with Crippen molar-refractivity contribution in [3.63, 3.8) is 0 Å². The van der Waals surface area contributed by atoms with E-state index in [0.29, 0.717) is 18.2 Å². The molecule has 1 saturated carbocycles. The number of nitrogens with zero attached hydrogens (tertiary/aromatic N) is 2. The average Bonchev–Trinajstić information content (AvgIpc) is 2.69. The van der Waals surface area contributed by atoms with E-state index in [2.05, 4.69) is 15.2 Å². The Hall–Kier alpha value is -1.62. The van der Waals surface area contributed by atoms with Crippen LogP contribution in [-0.4, -0.2) is 43.2 Å². The molecule has 25 heavy (non-hydrogen) atoms. The van der Waals surface area contributed by atoms with Crippen LogP contribution in [0.1, 0.15) is 68.1 Å². The first kappa shape index (κ1) is 18.2. The zero-order chi connectivity index (χ0) is 17.3. The summed E-state index contributed by atoms with van der Waals surface area (Å²) in [5, 5.41) is 3.03. The summed E-state index contributed by atoms with van der Waals surface area (Å²) in [5.41, 5.74) is 0.692. The molecule has 0 aromatic carbocycles. The highest BCUT2D eigenvalue weighted by molar-refractivity contribution is 5.98. The molecule has 0 radical (unpaired) electrons. The molecule has 138 valence electrons. The van der Waals surface area contributed by atoms with E-state index in [1.807, 2.05) is 12.1 Å². The minimum Gasteiger partial charge on any atom is -0.378 e. The second kappa shape index (κ2) is 9.76. The normalized spacial score (nSPS) is 19.0. The summed E-state index contributed by atoms with van der Waals surface area (Å²) in [6.45, 7) is 3.37. The molecule has 0 unspecified atom stereocenters. The second-order valence-electron chi connectivity index (χ2n) is 7.16. The summed E-state index contributed by atoms with van der Waals surface area (Å²) in [7, 11) is 0. The molecule has 5 heteroatoms. The number of nitrogens with one attached hydrogen (secondary N) is 1. The number of hydrogen-bond donors (Lipinski definition) is 1. The van der Waals surface area contributed by atoms with Crippen LogP contribution in [0.15, 0.2) is 18.3 Å². The Morgan fingerprint density at radius 3 is 2.72 bits per heavy atom. The number of aromatic nitrogens is 1. The molecule has 0 atom stereocenters. The number of ether oxygens (including phenoxy) is 1. The molecule has 1 aromatic rings. The summed E-state index contributed by atoms with van der Waals surface area (Å²) in [6.07, 6.45) is 13.0. The van der Waals surface area contributed by atoms with Gasteiger partial charge in [0.15, 0.2) is 0 Å². The third-order valence-electron chi connectivity index (χ3n) is 5.20. The monoisotopic (exact) mass is 345 g/mol. The van der Waals surface area contributed by atoms with E-state index in [4.69, 9.17) is 4.74 Å². The Labute approximate surface area is 151 Å². The fourth-order valence-corrected chi connectivity index (χ4v) is 3.78. The van der Waals surface area contributed by atoms with Gasteiger partial charge in [0.1, 0.15) is 5.82 Å². The van der Waals surface area contributed by atoms with Crippen LogP contribution in [0, 0.1) is 0 Å². The number of carbonyl (C=O) groups excluding carboxylic acids is 1. The van der Waals surface area contributed by atoms with Crippen LogP contribution in [0.2, 0.25) is 0 Å². The lowest BCUT2D eigenvalue weighted by Gasteiger charge is -2.29. The Balaban J connectivity index is 1.43. The van der Waals surface area contributed by atoms with Crippen LogP contribution in [-0.2, 0) is 4.74 Å². The molecular formula is C20H31N3O2. The van der Waals surface area contributed by atoms with E-state index in [1.165, 1.54) is 51.4 Å². The summed E-state index contributed by atoms with van der Waals surface area (Å²) in [4.78, 5) is 19.3. The van der Waals surface area contributed by atoms with Gasteiger partial charge in [-0.3, -0.25) is 4.79 Å². The number of hydrogen-bond acceptors (Lipinski definition) is 4. The molecule has 3 rings (SSSR count). The van der Waals surface area contributed by atoms with Gasteiger partial charge in [-0.2, -0.15) is 0 Å². The quantitative estimate of drug-likeness (QED) is 0.768. The maximum absolute atomic E-state index is 12.6. The number of pyridine rings is 1. The topological polar surface area (TPSA) is 54.5 Å². The Morgan fingerprint density at radius 1 is 1.16 bits per heavy atom. The highest BCUT2D eigenvalue weighted by atomic mass is 16.5. The highest BCUT2D eigenvalue weighted by Crippen LogP contribution is 2.22. The molecule has 5 nitrogen and oxygen atoms in total. The molecule has 1 saturated heterocycles. The summed E-state index contributed by atoms with van der Waals surface area (Å²) >= 11 is 0. The smallest absolute Gasteiger partial charge is 0.255 e. The molecule has 1 aliphatic heterocycles. The molecule has 1 amide bonds. The van der Waals surface area contributed by atoms with Crippen LogP contribution in [0.5, 0.6) is 0 Å². The van der Waals surface area contributed by atoms with Crippen molar-refractivity contribution < 1.29 is 9.53 Å². The second-order valence-corrected chi connectivity index (χ2v) is 7.16. The van der Waals surface area contributed by atoms with Crippen molar-refractivity contribution in [1.29, 1.82) is 0 Å². The van der Waals surface area contributed by atoms with Crippen molar-refractivity contribution in [1.82, 2.24) is 10.3 Å². The Bertz CT molecular complexity index is 537. The summed E-state index contributed by atoms with van der Waals surface area (Å²) < 4.78 is 5.92. The molecule has 2 aliphatic rings. The van der Waals surface area contributed by atoms with Gasteiger partial charge >= 0.3 is 0 Å². The molecule has 1 aromatic heterocycles. The van der Waals surface area contributed by atoms with E-state index in [1.54, 1.807) is 6.20 Å². The van der Waals surface area contributed by atoms with Gasteiger partial charge in [-0.1, -0.05) is 19.3 Å². The first-order valence-electron chi connectivity index (χ1n) is 9.94. The zero-order valence-electron chi connectivity index (χ0n) is 15.2. The van der Waals surface area contributed by atoms with E-state index in [-0.39, 0.29) is 5.91 Å². The number of rotatable bonds is 7. The van der Waals surface area contributed by atoms with Crippen LogP contribution in [0.4, 0.5) is 5.82 Å². The third-order valence-corrected chi connectivity index (χ3v) is 5.20. The van der Waals surface area contributed by atoms with Gasteiger partial charge in [0.05, 0.1) is 11.7 Å². The summed E-state index contributed by atoms with van der Waals surface area (Å²) in [5.74, 6) is 0.810. The van der Waals surface area contributed by atoms with Gasteiger partial charge in [-0.15, -0.1) is 0 Å². The van der Waals surface area contributed by atoms with Gasteiger partial charge in [0, 0.05) is 32.4 Å². The first-order valence-corrected chi connectivity index (χ1v) is 9.94. The Morgan fingerprint density at radius 2 is 1.92 bits per heavy atom. The number of anilines is 1. The average molecular weight is 345 g/mol. The van der Waals surface area contributed by atoms with Gasteiger partial charge in [-0.25, -0.2) is 4.98 Å². The predicted octanol–water partition coefficient (Wildman–Crippen LogP) is 3.54. The third kappa shape index (κ3) is 5.43. The molecule has 0 spiro atoms. The van der Waals surface area contributed by atoms with Crippen molar-refractivity contribution >= 4 is 11.7 Å². The highest BCUT2D eigenvalue weighted by Gasteiger charge is 2.19. The SMILES string of the molecule is O=C(NCCCOC1CCCCC1)c1cccnc1N1CCCCC1. The standard InChI is InChI=1S/C20H31N3O2/c24-20(22-13-8-16-25-17-9-3-1-4-10-17)18-11-7-12-21-19(18)23-14-5-2-6-15-23/h7,11-12,17H,1-6,8-10,13-16H2,(H,22,24). The number of amides is 1. The molecular weight excluding hydrogens is 314 g/mol. The number of piperidine rings is 1. The Kier molecular flexibility index (Phi) is 7.10. The maximum atomic E-state index is 12.6. The van der Waals surface area contributed by atoms with Gasteiger partial charge < -0.3 is 15.0 Å². The van der Waals surface area contributed by atoms with Gasteiger partial charge in [0.2, 0.25) is 0 Å². The largest absolute Gasteiger partial charge is 0.378 e. The summed E-state index contributed by atoms with van der Waals surface area (Å²) in [6, 6.07) is 3.72. The first-order chi connectivity index (χ1) is 12.3. The van der Waals surface area contributed by atoms with Crippen LogP contribution < -0.4 is 10.2 Å². The molecule has 1 aliphatic carbocycles. The molecule has 2 heterocycles. The van der Waals surface area contributed by atoms with E-state index >= 15 is 0 Å². The van der Waals surface area contributed by atoms with Crippen LogP contribution >= 0.6 is 0 Å². The van der Waals surface area contributed by atoms with E-state index in [9.17, 15) is 4.79 Å². The van der Waals surface area contributed by atoms with Crippen LogP contribution in [0.25, 0.3) is 0 Å². The van der Waals surface area contributed by atoms with Crippen molar-refractivity contribution in [3.8, 4) is 0 Å². The van der Waals surface area contributed by atoms with Crippen molar-refractivity contribution in [2.45, 2.75) is 63.9 Å². The minimum atomic E-state index is -0.0219. The van der Waals surface area contributed by atoms with Gasteiger partial charge in [-0.05, 0) is 50.7 Å². The number of carbonyl (C=O) groups is 1. The lowest BCUT2D eigenvalue weighted by molar-refractivity contribution is 0.0273. The van der Waals surface area contributed by atoms with Crippen molar-refractivity contribution in [3.05, 3.63) is 23.9 Å². The van der Waals surface area contributed by atoms with E-state index in [0.717, 1.165) is 31.9 Å². The lowest BCUT2D eigenvalue weighted by Crippen LogP contribution is -2.34. The fraction of sp³-hybridized carbons (Fsp3) is 0.700. The van der Waals surface area contributed by atoms with Crippen molar-refractivity contribution in [2.75, 3.05) is 31.1 Å². The maximum Gasteiger partial charge on any atom is 0.255 e. The van der Waals surface area contributed by atoms with Gasteiger partial charge in [0.25, 0.3) is 5.91 Å². The minimum absolute atomic E-state index is 0.0219. The van der Waals surface area contributed by atoms with Crippen molar-refractivity contribution in [2.24, 2.45) is 0 Å². The lowest BCUT2D eigenvalue weighted by atomic mass is 9.98.